The molecule has 1 rings (SSSR count). The van der Waals surface area contributed by atoms with Gasteiger partial charge in [-0.2, -0.15) is 0 Å². The second kappa shape index (κ2) is 7.72. The van der Waals surface area contributed by atoms with Crippen LogP contribution in [-0.2, 0) is 11.3 Å². The van der Waals surface area contributed by atoms with E-state index in [4.69, 9.17) is 16.3 Å². The van der Waals surface area contributed by atoms with E-state index in [-0.39, 0.29) is 16.9 Å². The van der Waals surface area contributed by atoms with Crippen LogP contribution in [0.1, 0.15) is 26.3 Å². The van der Waals surface area contributed by atoms with Gasteiger partial charge in [0, 0.05) is 19.2 Å². The third-order valence-electron chi connectivity index (χ3n) is 2.89. The third-order valence-corrected chi connectivity index (χ3v) is 3.32. The maximum atomic E-state index is 13.3. The van der Waals surface area contributed by atoms with Gasteiger partial charge in [0.15, 0.2) is 0 Å². The molecule has 1 aromatic carbocycles. The van der Waals surface area contributed by atoms with Crippen molar-refractivity contribution in [2.75, 3.05) is 13.2 Å². The van der Waals surface area contributed by atoms with Gasteiger partial charge >= 0.3 is 0 Å². The molecule has 1 atom stereocenters. The lowest BCUT2D eigenvalue weighted by molar-refractivity contribution is 0.108. The molecule has 0 radical (unpaired) electrons. The van der Waals surface area contributed by atoms with Crippen molar-refractivity contribution in [2.24, 2.45) is 5.92 Å². The molecular weight excluding hydrogens is 253 g/mol. The number of ether oxygens (including phenoxy) is 1. The minimum Gasteiger partial charge on any atom is -0.380 e. The van der Waals surface area contributed by atoms with Crippen molar-refractivity contribution in [3.8, 4) is 0 Å². The predicted molar refractivity (Wildman–Crippen MR) is 73.4 cm³/mol. The van der Waals surface area contributed by atoms with Crippen molar-refractivity contribution in [3.05, 3.63) is 34.6 Å². The smallest absolute Gasteiger partial charge is 0.142 e. The van der Waals surface area contributed by atoms with E-state index < -0.39 is 0 Å². The number of benzene rings is 1. The Morgan fingerprint density at radius 3 is 2.72 bits per heavy atom. The number of rotatable bonds is 7. The van der Waals surface area contributed by atoms with Crippen molar-refractivity contribution >= 4 is 11.6 Å². The molecule has 1 unspecified atom stereocenters. The number of halogens is 2. The highest BCUT2D eigenvalue weighted by atomic mass is 35.5. The minimum absolute atomic E-state index is 0.198. The van der Waals surface area contributed by atoms with Crippen molar-refractivity contribution < 1.29 is 9.13 Å². The topological polar surface area (TPSA) is 21.3 Å². The van der Waals surface area contributed by atoms with E-state index in [1.165, 1.54) is 6.07 Å². The Balaban J connectivity index is 2.58. The average molecular weight is 274 g/mol. The van der Waals surface area contributed by atoms with Crippen molar-refractivity contribution in [2.45, 2.75) is 33.4 Å². The van der Waals surface area contributed by atoms with Crippen LogP contribution in [0.25, 0.3) is 0 Å². The lowest BCUT2D eigenvalue weighted by Crippen LogP contribution is -2.37. The highest BCUT2D eigenvalue weighted by molar-refractivity contribution is 6.31. The number of nitrogens with one attached hydrogen (secondary N) is 1. The van der Waals surface area contributed by atoms with E-state index >= 15 is 0 Å². The molecule has 0 saturated heterocycles. The quantitative estimate of drug-likeness (QED) is 0.819. The SMILES string of the molecule is CCOCC(NCc1cccc(F)c1Cl)C(C)C. The Hall–Kier alpha value is -0.640. The molecule has 1 N–H and O–H groups in total. The fourth-order valence-electron chi connectivity index (χ4n) is 1.66. The zero-order valence-electron chi connectivity index (χ0n) is 11.2. The summed E-state index contributed by atoms with van der Waals surface area (Å²) < 4.78 is 18.7. The molecule has 0 aliphatic rings. The van der Waals surface area contributed by atoms with E-state index in [2.05, 4.69) is 19.2 Å². The third kappa shape index (κ3) is 4.56. The maximum absolute atomic E-state index is 13.3. The fraction of sp³-hybridized carbons (Fsp3) is 0.571. The van der Waals surface area contributed by atoms with Gasteiger partial charge in [-0.1, -0.05) is 37.6 Å². The first-order chi connectivity index (χ1) is 8.56. The summed E-state index contributed by atoms with van der Waals surface area (Å²) in [4.78, 5) is 0. The average Bonchev–Trinajstić information content (AvgIpc) is 2.33. The first kappa shape index (κ1) is 15.4. The van der Waals surface area contributed by atoms with Crippen LogP contribution in [0, 0.1) is 11.7 Å². The summed E-state index contributed by atoms with van der Waals surface area (Å²) in [5.74, 6) is 0.0748. The molecule has 0 aromatic heterocycles. The molecule has 0 fully saturated rings. The predicted octanol–water partition coefficient (Wildman–Crippen LogP) is 3.63. The Labute approximate surface area is 113 Å². The molecule has 0 saturated carbocycles. The molecule has 102 valence electrons. The zero-order valence-corrected chi connectivity index (χ0v) is 11.9. The second-order valence-corrected chi connectivity index (χ2v) is 4.98. The molecule has 1 aromatic rings. The molecule has 2 nitrogen and oxygen atoms in total. The van der Waals surface area contributed by atoms with Gasteiger partial charge in [0.2, 0.25) is 0 Å². The number of hydrogen-bond acceptors (Lipinski definition) is 2. The van der Waals surface area contributed by atoms with E-state index in [0.29, 0.717) is 25.7 Å². The van der Waals surface area contributed by atoms with Crippen LogP contribution in [0.3, 0.4) is 0 Å². The second-order valence-electron chi connectivity index (χ2n) is 4.60. The van der Waals surface area contributed by atoms with Gasteiger partial charge in [0.25, 0.3) is 0 Å². The van der Waals surface area contributed by atoms with Crippen LogP contribution in [0.5, 0.6) is 0 Å². The van der Waals surface area contributed by atoms with Gasteiger partial charge in [-0.05, 0) is 24.5 Å². The lowest BCUT2D eigenvalue weighted by atomic mass is 10.0. The Bertz CT molecular complexity index is 371. The maximum Gasteiger partial charge on any atom is 0.142 e. The van der Waals surface area contributed by atoms with E-state index in [1.807, 2.05) is 13.0 Å². The van der Waals surface area contributed by atoms with Crippen LogP contribution in [0.2, 0.25) is 5.02 Å². The molecular formula is C14H21ClFNO. The first-order valence-electron chi connectivity index (χ1n) is 6.30. The summed E-state index contributed by atoms with van der Waals surface area (Å²) >= 11 is 5.91. The van der Waals surface area contributed by atoms with Crippen LogP contribution in [0.4, 0.5) is 4.39 Å². The molecule has 4 heteroatoms. The van der Waals surface area contributed by atoms with Gasteiger partial charge in [-0.15, -0.1) is 0 Å². The summed E-state index contributed by atoms with van der Waals surface area (Å²) in [6, 6.07) is 5.11. The molecule has 0 bridgehead atoms. The monoisotopic (exact) mass is 273 g/mol. The summed E-state index contributed by atoms with van der Waals surface area (Å²) in [6.45, 7) is 8.13. The molecule has 0 amide bonds. The van der Waals surface area contributed by atoms with Crippen LogP contribution in [0.15, 0.2) is 18.2 Å². The van der Waals surface area contributed by atoms with Crippen molar-refractivity contribution in [1.29, 1.82) is 0 Å². The van der Waals surface area contributed by atoms with Gasteiger partial charge in [-0.3, -0.25) is 0 Å². The summed E-state index contributed by atoms with van der Waals surface area (Å²) in [5.41, 5.74) is 0.777. The highest BCUT2D eigenvalue weighted by Gasteiger charge is 2.14. The molecule has 0 aliphatic heterocycles. The fourth-order valence-corrected chi connectivity index (χ4v) is 1.85. The Morgan fingerprint density at radius 1 is 1.39 bits per heavy atom. The van der Waals surface area contributed by atoms with Gasteiger partial charge in [-0.25, -0.2) is 4.39 Å². The van der Waals surface area contributed by atoms with E-state index in [9.17, 15) is 4.39 Å². The highest BCUT2D eigenvalue weighted by Crippen LogP contribution is 2.19. The van der Waals surface area contributed by atoms with Crippen molar-refractivity contribution in [1.82, 2.24) is 5.32 Å². The first-order valence-corrected chi connectivity index (χ1v) is 6.68. The normalized spacial score (nSPS) is 13.0. The van der Waals surface area contributed by atoms with Gasteiger partial charge < -0.3 is 10.1 Å². The largest absolute Gasteiger partial charge is 0.380 e. The molecule has 0 spiro atoms. The zero-order chi connectivity index (χ0) is 13.5. The van der Waals surface area contributed by atoms with E-state index in [1.54, 1.807) is 6.07 Å². The summed E-state index contributed by atoms with van der Waals surface area (Å²) in [5, 5.41) is 3.56. The Morgan fingerprint density at radius 2 is 2.11 bits per heavy atom. The van der Waals surface area contributed by atoms with Crippen LogP contribution in [-0.4, -0.2) is 19.3 Å². The summed E-state index contributed by atoms with van der Waals surface area (Å²) in [7, 11) is 0. The lowest BCUT2D eigenvalue weighted by Gasteiger charge is -2.22. The van der Waals surface area contributed by atoms with E-state index in [0.717, 1.165) is 5.56 Å². The molecule has 0 heterocycles. The van der Waals surface area contributed by atoms with Crippen molar-refractivity contribution in [3.63, 3.8) is 0 Å². The molecule has 18 heavy (non-hydrogen) atoms. The molecule has 0 aliphatic carbocycles. The van der Waals surface area contributed by atoms with Crippen LogP contribution >= 0.6 is 11.6 Å². The van der Waals surface area contributed by atoms with Crippen LogP contribution < -0.4 is 5.32 Å². The summed E-state index contributed by atoms with van der Waals surface area (Å²) in [6.07, 6.45) is 0. The number of hydrogen-bond donors (Lipinski definition) is 1. The van der Waals surface area contributed by atoms with Gasteiger partial charge in [0.05, 0.1) is 11.6 Å². The standard InChI is InChI=1S/C14H21ClFNO/c1-4-18-9-13(10(2)3)17-8-11-6-5-7-12(16)14(11)15/h5-7,10,13,17H,4,8-9H2,1-3H3. The minimum atomic E-state index is -0.373. The van der Waals surface area contributed by atoms with Gasteiger partial charge in [0.1, 0.15) is 5.82 Å². The Kier molecular flexibility index (Phi) is 6.61.